The second kappa shape index (κ2) is 8.46. The Kier molecular flexibility index (Phi) is 6.58. The summed E-state index contributed by atoms with van der Waals surface area (Å²) in [5.41, 5.74) is 1.27. The van der Waals surface area contributed by atoms with Gasteiger partial charge in [-0.3, -0.25) is 4.68 Å². The summed E-state index contributed by atoms with van der Waals surface area (Å²) in [5.74, 6) is 0. The van der Waals surface area contributed by atoms with Crippen molar-refractivity contribution < 1.29 is 0 Å². The van der Waals surface area contributed by atoms with Crippen molar-refractivity contribution in [2.24, 2.45) is 0 Å². The van der Waals surface area contributed by atoms with Crippen molar-refractivity contribution in [3.63, 3.8) is 0 Å². The van der Waals surface area contributed by atoms with Crippen molar-refractivity contribution in [3.8, 4) is 0 Å². The molecule has 0 amide bonds. The first-order valence-corrected chi connectivity index (χ1v) is 8.61. The lowest BCUT2D eigenvalue weighted by molar-refractivity contribution is 0.440. The van der Waals surface area contributed by atoms with Gasteiger partial charge < -0.3 is 5.32 Å². The molecule has 1 aromatic heterocycles. The lowest BCUT2D eigenvalue weighted by Gasteiger charge is -2.17. The fourth-order valence-electron chi connectivity index (χ4n) is 3.19. The molecular formula is C17H31N3. The normalized spacial score (nSPS) is 17.7. The highest BCUT2D eigenvalue weighted by Gasteiger charge is 2.18. The minimum Gasteiger partial charge on any atom is -0.314 e. The van der Waals surface area contributed by atoms with E-state index >= 15 is 0 Å². The molecule has 20 heavy (non-hydrogen) atoms. The number of aromatic nitrogens is 2. The van der Waals surface area contributed by atoms with Gasteiger partial charge in [-0.05, 0) is 38.3 Å². The Bertz CT molecular complexity index is 358. The maximum absolute atomic E-state index is 4.82. The van der Waals surface area contributed by atoms with Crippen LogP contribution in [0.25, 0.3) is 0 Å². The summed E-state index contributed by atoms with van der Waals surface area (Å²) in [6.45, 7) is 5.63. The maximum atomic E-state index is 4.82. The van der Waals surface area contributed by atoms with E-state index in [2.05, 4.69) is 36.1 Å². The van der Waals surface area contributed by atoms with Crippen molar-refractivity contribution in [3.05, 3.63) is 18.0 Å². The minimum absolute atomic E-state index is 0.599. The molecule has 1 atom stereocenters. The van der Waals surface area contributed by atoms with Gasteiger partial charge in [-0.25, -0.2) is 0 Å². The van der Waals surface area contributed by atoms with Crippen molar-refractivity contribution in [1.82, 2.24) is 15.1 Å². The average molecular weight is 277 g/mol. The largest absolute Gasteiger partial charge is 0.314 e. The van der Waals surface area contributed by atoms with E-state index < -0.39 is 0 Å². The molecule has 1 saturated carbocycles. The van der Waals surface area contributed by atoms with E-state index in [-0.39, 0.29) is 0 Å². The Morgan fingerprint density at radius 2 is 2.10 bits per heavy atom. The molecule has 0 aliphatic heterocycles. The summed E-state index contributed by atoms with van der Waals surface area (Å²) >= 11 is 0. The van der Waals surface area contributed by atoms with Crippen molar-refractivity contribution in [1.29, 1.82) is 0 Å². The quantitative estimate of drug-likeness (QED) is 0.736. The Morgan fingerprint density at radius 3 is 2.80 bits per heavy atom. The van der Waals surface area contributed by atoms with Crippen molar-refractivity contribution >= 4 is 0 Å². The van der Waals surface area contributed by atoms with Crippen LogP contribution in [0.1, 0.15) is 76.9 Å². The van der Waals surface area contributed by atoms with E-state index in [0.29, 0.717) is 12.1 Å². The van der Waals surface area contributed by atoms with Crippen molar-refractivity contribution in [2.45, 2.75) is 83.7 Å². The third-order valence-corrected chi connectivity index (χ3v) is 4.41. The van der Waals surface area contributed by atoms with E-state index in [0.717, 1.165) is 13.0 Å². The van der Waals surface area contributed by atoms with Gasteiger partial charge in [0.2, 0.25) is 0 Å². The van der Waals surface area contributed by atoms with Gasteiger partial charge in [-0.1, -0.05) is 39.5 Å². The maximum Gasteiger partial charge on any atom is 0.0640 e. The van der Waals surface area contributed by atoms with Crippen LogP contribution in [0.2, 0.25) is 0 Å². The van der Waals surface area contributed by atoms with Crippen molar-refractivity contribution in [2.75, 3.05) is 6.54 Å². The summed E-state index contributed by atoms with van der Waals surface area (Å²) in [5, 5.41) is 8.51. The van der Waals surface area contributed by atoms with Gasteiger partial charge in [0, 0.05) is 18.7 Å². The molecule has 1 heterocycles. The molecule has 0 aromatic carbocycles. The van der Waals surface area contributed by atoms with Crippen LogP contribution in [-0.2, 0) is 6.42 Å². The first kappa shape index (κ1) is 15.6. The fraction of sp³-hybridized carbons (Fsp3) is 0.824. The Labute approximate surface area is 124 Å². The number of unbranched alkanes of at least 4 members (excludes halogenated alkanes) is 1. The smallest absolute Gasteiger partial charge is 0.0640 e. The topological polar surface area (TPSA) is 29.9 Å². The first-order chi connectivity index (χ1) is 9.83. The zero-order valence-electron chi connectivity index (χ0n) is 13.3. The molecule has 1 N–H and O–H groups in total. The second-order valence-electron chi connectivity index (χ2n) is 6.22. The molecule has 2 rings (SSSR count). The first-order valence-electron chi connectivity index (χ1n) is 8.61. The van der Waals surface area contributed by atoms with Crippen LogP contribution in [0.3, 0.4) is 0 Å². The van der Waals surface area contributed by atoms with Crippen LogP contribution < -0.4 is 5.32 Å². The molecule has 1 fully saturated rings. The number of nitrogens with one attached hydrogen (secondary N) is 1. The third kappa shape index (κ3) is 4.62. The van der Waals surface area contributed by atoms with Crippen LogP contribution >= 0.6 is 0 Å². The van der Waals surface area contributed by atoms with Gasteiger partial charge in [-0.15, -0.1) is 0 Å². The fourth-order valence-corrected chi connectivity index (χ4v) is 3.19. The van der Waals surface area contributed by atoms with E-state index in [9.17, 15) is 0 Å². The molecule has 3 nitrogen and oxygen atoms in total. The Hall–Kier alpha value is -0.830. The van der Waals surface area contributed by atoms with Gasteiger partial charge in [0.05, 0.1) is 11.7 Å². The zero-order valence-corrected chi connectivity index (χ0v) is 13.3. The molecule has 1 aliphatic rings. The predicted octanol–water partition coefficient (Wildman–Crippen LogP) is 4.10. The molecular weight excluding hydrogens is 246 g/mol. The van der Waals surface area contributed by atoms with Crippen LogP contribution in [-0.4, -0.2) is 22.4 Å². The SMILES string of the molecule is CCCCC(Cc1ccn(C2CCCC2)n1)NCCC. The predicted molar refractivity (Wildman–Crippen MR) is 85.0 cm³/mol. The molecule has 0 radical (unpaired) electrons. The highest BCUT2D eigenvalue weighted by Crippen LogP contribution is 2.28. The average Bonchev–Trinajstić information content (AvgIpc) is 3.12. The number of rotatable bonds is 9. The number of hydrogen-bond donors (Lipinski definition) is 1. The summed E-state index contributed by atoms with van der Waals surface area (Å²) in [7, 11) is 0. The molecule has 0 spiro atoms. The zero-order chi connectivity index (χ0) is 14.2. The summed E-state index contributed by atoms with van der Waals surface area (Å²) < 4.78 is 2.22. The minimum atomic E-state index is 0.599. The lowest BCUT2D eigenvalue weighted by atomic mass is 10.0. The second-order valence-corrected chi connectivity index (χ2v) is 6.22. The summed E-state index contributed by atoms with van der Waals surface area (Å²) in [6.07, 6.45) is 13.7. The van der Waals surface area contributed by atoms with E-state index in [1.807, 2.05) is 0 Å². The number of hydrogen-bond acceptors (Lipinski definition) is 2. The van der Waals surface area contributed by atoms with Gasteiger partial charge in [-0.2, -0.15) is 5.10 Å². The van der Waals surface area contributed by atoms with Crippen LogP contribution in [0.15, 0.2) is 12.3 Å². The van der Waals surface area contributed by atoms with Gasteiger partial charge >= 0.3 is 0 Å². The standard InChI is InChI=1S/C17H31N3/c1-3-5-8-15(18-12-4-2)14-16-11-13-20(19-16)17-9-6-7-10-17/h11,13,15,17-18H,3-10,12,14H2,1-2H3. The Morgan fingerprint density at radius 1 is 1.30 bits per heavy atom. The number of nitrogens with zero attached hydrogens (tertiary/aromatic N) is 2. The third-order valence-electron chi connectivity index (χ3n) is 4.41. The van der Waals surface area contributed by atoms with Crippen LogP contribution in [0.4, 0.5) is 0 Å². The molecule has 1 aliphatic carbocycles. The summed E-state index contributed by atoms with van der Waals surface area (Å²) in [4.78, 5) is 0. The molecule has 1 aromatic rings. The molecule has 1 unspecified atom stereocenters. The highest BCUT2D eigenvalue weighted by atomic mass is 15.3. The van der Waals surface area contributed by atoms with Crippen LogP contribution in [0, 0.1) is 0 Å². The molecule has 0 bridgehead atoms. The van der Waals surface area contributed by atoms with E-state index in [1.165, 1.54) is 57.1 Å². The van der Waals surface area contributed by atoms with Gasteiger partial charge in [0.25, 0.3) is 0 Å². The van der Waals surface area contributed by atoms with E-state index in [4.69, 9.17) is 5.10 Å². The van der Waals surface area contributed by atoms with Gasteiger partial charge in [0.1, 0.15) is 0 Å². The monoisotopic (exact) mass is 277 g/mol. The molecule has 0 saturated heterocycles. The lowest BCUT2D eigenvalue weighted by Crippen LogP contribution is -2.32. The van der Waals surface area contributed by atoms with Gasteiger partial charge in [0.15, 0.2) is 0 Å². The Balaban J connectivity index is 1.87. The molecule has 3 heteroatoms. The molecule has 114 valence electrons. The van der Waals surface area contributed by atoms with E-state index in [1.54, 1.807) is 0 Å². The highest BCUT2D eigenvalue weighted by molar-refractivity contribution is 5.02. The van der Waals surface area contributed by atoms with Crippen LogP contribution in [0.5, 0.6) is 0 Å². The summed E-state index contributed by atoms with van der Waals surface area (Å²) in [6, 6.07) is 3.49.